The van der Waals surface area contributed by atoms with Gasteiger partial charge in [-0.15, -0.1) is 0 Å². The first-order valence-corrected chi connectivity index (χ1v) is 7.83. The monoisotopic (exact) mass is 274 g/mol. The van der Waals surface area contributed by atoms with Crippen LogP contribution in [-0.4, -0.2) is 4.83 Å². The molecule has 0 aliphatic heterocycles. The van der Waals surface area contributed by atoms with E-state index >= 15 is 0 Å². The molecular formula is C14H27Br. The van der Waals surface area contributed by atoms with Crippen LogP contribution in [0.15, 0.2) is 0 Å². The molecule has 0 saturated heterocycles. The highest BCUT2D eigenvalue weighted by molar-refractivity contribution is 9.09. The van der Waals surface area contributed by atoms with Crippen molar-refractivity contribution in [2.24, 2.45) is 11.8 Å². The van der Waals surface area contributed by atoms with E-state index in [0.717, 1.165) is 16.7 Å². The van der Waals surface area contributed by atoms with E-state index in [1.165, 1.54) is 57.8 Å². The fourth-order valence-corrected chi connectivity index (χ4v) is 3.19. The highest BCUT2D eigenvalue weighted by atomic mass is 79.9. The summed E-state index contributed by atoms with van der Waals surface area (Å²) in [6.45, 7) is 4.65. The number of hydrogen-bond donors (Lipinski definition) is 0. The van der Waals surface area contributed by atoms with Gasteiger partial charge in [0, 0.05) is 4.83 Å². The Bertz CT molecular complexity index is 151. The Morgan fingerprint density at radius 1 is 1.07 bits per heavy atom. The molecule has 1 heteroatoms. The van der Waals surface area contributed by atoms with Crippen LogP contribution in [0.5, 0.6) is 0 Å². The molecule has 0 spiro atoms. The second-order valence-corrected chi connectivity index (χ2v) is 6.38. The van der Waals surface area contributed by atoms with Crippen LogP contribution >= 0.6 is 15.9 Å². The van der Waals surface area contributed by atoms with Gasteiger partial charge in [-0.25, -0.2) is 0 Å². The van der Waals surface area contributed by atoms with E-state index in [1.54, 1.807) is 0 Å². The van der Waals surface area contributed by atoms with Gasteiger partial charge in [0.05, 0.1) is 0 Å². The zero-order chi connectivity index (χ0) is 11.1. The third-order valence-corrected chi connectivity index (χ3v) is 4.97. The number of alkyl halides is 1. The van der Waals surface area contributed by atoms with Crippen LogP contribution in [0.25, 0.3) is 0 Å². The molecule has 0 aromatic carbocycles. The van der Waals surface area contributed by atoms with E-state index < -0.39 is 0 Å². The maximum absolute atomic E-state index is 3.83. The molecule has 2 atom stereocenters. The largest absolute Gasteiger partial charge is 0.0888 e. The molecule has 1 rings (SSSR count). The number of halogens is 1. The molecule has 2 unspecified atom stereocenters. The SMILES string of the molecule is CCCCC(CC)CCCC(Br)C1CC1. The zero-order valence-corrected chi connectivity index (χ0v) is 12.1. The summed E-state index contributed by atoms with van der Waals surface area (Å²) in [7, 11) is 0. The maximum Gasteiger partial charge on any atom is 0.0174 e. The van der Waals surface area contributed by atoms with Crippen molar-refractivity contribution in [1.82, 2.24) is 0 Å². The van der Waals surface area contributed by atoms with Crippen LogP contribution in [0.1, 0.15) is 71.6 Å². The van der Waals surface area contributed by atoms with E-state index in [0.29, 0.717) is 0 Å². The summed E-state index contributed by atoms with van der Waals surface area (Å²) in [6.07, 6.45) is 12.9. The summed E-state index contributed by atoms with van der Waals surface area (Å²) < 4.78 is 0. The molecule has 1 aliphatic carbocycles. The number of rotatable bonds is 9. The molecular weight excluding hydrogens is 248 g/mol. The van der Waals surface area contributed by atoms with Crippen molar-refractivity contribution in [2.45, 2.75) is 76.5 Å². The van der Waals surface area contributed by atoms with Crippen LogP contribution in [0.3, 0.4) is 0 Å². The molecule has 0 radical (unpaired) electrons. The van der Waals surface area contributed by atoms with Crippen LogP contribution in [0.4, 0.5) is 0 Å². The Balaban J connectivity index is 1.99. The molecule has 0 nitrogen and oxygen atoms in total. The van der Waals surface area contributed by atoms with Gasteiger partial charge in [0.15, 0.2) is 0 Å². The second-order valence-electron chi connectivity index (χ2n) is 5.20. The van der Waals surface area contributed by atoms with Gasteiger partial charge in [-0.3, -0.25) is 0 Å². The van der Waals surface area contributed by atoms with Crippen molar-refractivity contribution in [2.75, 3.05) is 0 Å². The van der Waals surface area contributed by atoms with E-state index in [9.17, 15) is 0 Å². The summed E-state index contributed by atoms with van der Waals surface area (Å²) in [5.41, 5.74) is 0. The highest BCUT2D eigenvalue weighted by Gasteiger charge is 2.28. The first-order chi connectivity index (χ1) is 7.27. The first kappa shape index (κ1) is 13.5. The Kier molecular flexibility index (Phi) is 6.96. The fourth-order valence-electron chi connectivity index (χ4n) is 2.34. The first-order valence-electron chi connectivity index (χ1n) is 6.92. The lowest BCUT2D eigenvalue weighted by Gasteiger charge is -2.15. The van der Waals surface area contributed by atoms with Crippen molar-refractivity contribution < 1.29 is 0 Å². The van der Waals surface area contributed by atoms with Gasteiger partial charge in [-0.05, 0) is 31.1 Å². The van der Waals surface area contributed by atoms with Crippen LogP contribution in [0.2, 0.25) is 0 Å². The van der Waals surface area contributed by atoms with Crippen molar-refractivity contribution >= 4 is 15.9 Å². The molecule has 0 N–H and O–H groups in total. The smallest absolute Gasteiger partial charge is 0.0174 e. The third-order valence-electron chi connectivity index (χ3n) is 3.77. The zero-order valence-electron chi connectivity index (χ0n) is 10.5. The molecule has 0 amide bonds. The summed E-state index contributed by atoms with van der Waals surface area (Å²) >= 11 is 3.83. The quantitative estimate of drug-likeness (QED) is 0.484. The van der Waals surface area contributed by atoms with E-state index in [-0.39, 0.29) is 0 Å². The van der Waals surface area contributed by atoms with Gasteiger partial charge in [0.25, 0.3) is 0 Å². The minimum absolute atomic E-state index is 0.834. The molecule has 1 aliphatic rings. The maximum atomic E-state index is 3.83. The highest BCUT2D eigenvalue weighted by Crippen LogP contribution is 2.39. The minimum Gasteiger partial charge on any atom is -0.0888 e. The normalized spacial score (nSPS) is 20.2. The molecule has 90 valence electrons. The summed E-state index contributed by atoms with van der Waals surface area (Å²) in [5.74, 6) is 2.03. The van der Waals surface area contributed by atoms with Crippen LogP contribution in [0, 0.1) is 11.8 Å². The Morgan fingerprint density at radius 2 is 1.73 bits per heavy atom. The Labute approximate surface area is 104 Å². The molecule has 1 fully saturated rings. The Morgan fingerprint density at radius 3 is 2.27 bits per heavy atom. The van der Waals surface area contributed by atoms with Gasteiger partial charge in [-0.1, -0.05) is 68.3 Å². The average molecular weight is 275 g/mol. The number of hydrogen-bond acceptors (Lipinski definition) is 0. The number of unbranched alkanes of at least 4 members (excludes halogenated alkanes) is 1. The lowest BCUT2D eigenvalue weighted by Crippen LogP contribution is -2.04. The van der Waals surface area contributed by atoms with Gasteiger partial charge >= 0.3 is 0 Å². The summed E-state index contributed by atoms with van der Waals surface area (Å²) in [5, 5.41) is 0. The molecule has 1 saturated carbocycles. The second kappa shape index (κ2) is 7.70. The molecule has 15 heavy (non-hydrogen) atoms. The molecule has 0 aromatic heterocycles. The van der Waals surface area contributed by atoms with Gasteiger partial charge in [-0.2, -0.15) is 0 Å². The van der Waals surface area contributed by atoms with Gasteiger partial charge in [0.1, 0.15) is 0 Å². The standard InChI is InChI=1S/C14H27Br/c1-3-5-7-12(4-2)8-6-9-14(15)13-10-11-13/h12-14H,3-11H2,1-2H3. The van der Waals surface area contributed by atoms with E-state index in [1.807, 2.05) is 0 Å². The summed E-state index contributed by atoms with van der Waals surface area (Å²) in [4.78, 5) is 0.834. The molecule has 0 aromatic rings. The van der Waals surface area contributed by atoms with Crippen molar-refractivity contribution in [3.05, 3.63) is 0 Å². The lowest BCUT2D eigenvalue weighted by atomic mass is 9.93. The van der Waals surface area contributed by atoms with Crippen molar-refractivity contribution in [3.63, 3.8) is 0 Å². The third kappa shape index (κ3) is 5.94. The van der Waals surface area contributed by atoms with E-state index in [2.05, 4.69) is 29.8 Å². The van der Waals surface area contributed by atoms with Crippen molar-refractivity contribution in [1.29, 1.82) is 0 Å². The lowest BCUT2D eigenvalue weighted by molar-refractivity contribution is 0.401. The predicted octanol–water partition coefficient (Wildman–Crippen LogP) is 5.55. The molecule has 0 heterocycles. The van der Waals surface area contributed by atoms with Gasteiger partial charge in [0.2, 0.25) is 0 Å². The minimum atomic E-state index is 0.834. The van der Waals surface area contributed by atoms with Gasteiger partial charge < -0.3 is 0 Å². The average Bonchev–Trinajstić information content (AvgIpc) is 3.06. The predicted molar refractivity (Wildman–Crippen MR) is 72.6 cm³/mol. The molecule has 0 bridgehead atoms. The Hall–Kier alpha value is 0.480. The van der Waals surface area contributed by atoms with Crippen LogP contribution < -0.4 is 0 Å². The fraction of sp³-hybridized carbons (Fsp3) is 1.00. The van der Waals surface area contributed by atoms with Crippen LogP contribution in [-0.2, 0) is 0 Å². The topological polar surface area (TPSA) is 0 Å². The van der Waals surface area contributed by atoms with Crippen molar-refractivity contribution in [3.8, 4) is 0 Å². The van der Waals surface area contributed by atoms with E-state index in [4.69, 9.17) is 0 Å². The summed E-state index contributed by atoms with van der Waals surface area (Å²) in [6, 6.07) is 0.